The van der Waals surface area contributed by atoms with Crippen LogP contribution in [0.1, 0.15) is 5.56 Å². The summed E-state index contributed by atoms with van der Waals surface area (Å²) < 4.78 is 16.8. The number of aromatic amines is 1. The Hall–Kier alpha value is -2.05. The van der Waals surface area contributed by atoms with Gasteiger partial charge in [0.1, 0.15) is 17.3 Å². The van der Waals surface area contributed by atoms with Gasteiger partial charge >= 0.3 is 0 Å². The fourth-order valence-electron chi connectivity index (χ4n) is 2.23. The van der Waals surface area contributed by atoms with Gasteiger partial charge in [-0.2, -0.15) is 0 Å². The summed E-state index contributed by atoms with van der Waals surface area (Å²) >= 11 is -0.879. The lowest BCUT2D eigenvalue weighted by Gasteiger charge is -2.10. The number of H-pyrrole nitrogens is 1. The Bertz CT molecular complexity index is 737. The lowest BCUT2D eigenvalue weighted by atomic mass is 10.1. The van der Waals surface area contributed by atoms with Crippen LogP contribution in [0.3, 0.4) is 0 Å². The van der Waals surface area contributed by atoms with Crippen LogP contribution in [0, 0.1) is 0 Å². The lowest BCUT2D eigenvalue weighted by Crippen LogP contribution is -2.01. The molecule has 0 aliphatic carbocycles. The second-order valence-electron chi connectivity index (χ2n) is 4.71. The van der Waals surface area contributed by atoms with Crippen molar-refractivity contribution in [1.29, 1.82) is 0 Å². The molecule has 0 aliphatic heterocycles. The average molecular weight is 301 g/mol. The van der Waals surface area contributed by atoms with Crippen molar-refractivity contribution in [2.24, 2.45) is 0 Å². The van der Waals surface area contributed by atoms with E-state index in [2.05, 4.69) is 15.0 Å². The molecule has 3 rings (SSSR count). The molecule has 1 unspecified atom stereocenters. The van der Waals surface area contributed by atoms with Crippen LogP contribution in [0.5, 0.6) is 5.75 Å². The zero-order valence-corrected chi connectivity index (χ0v) is 12.6. The fraction of sp³-hybridized carbons (Fsp3) is 0.200. The van der Waals surface area contributed by atoms with Crippen LogP contribution in [0.15, 0.2) is 36.5 Å². The number of benzene rings is 1. The maximum Gasteiger partial charge on any atom is 0.178 e. The van der Waals surface area contributed by atoms with Crippen LogP contribution in [0.2, 0.25) is 0 Å². The van der Waals surface area contributed by atoms with Crippen LogP contribution >= 0.6 is 0 Å². The number of hydrogen-bond acceptors (Lipinski definition) is 4. The summed E-state index contributed by atoms with van der Waals surface area (Å²) in [5, 5.41) is 0. The number of ether oxygens (including phenoxy) is 1. The van der Waals surface area contributed by atoms with E-state index in [1.165, 1.54) is 0 Å². The Morgan fingerprint density at radius 2 is 2.19 bits per heavy atom. The molecule has 2 aromatic heterocycles. The van der Waals surface area contributed by atoms with E-state index >= 15 is 0 Å². The van der Waals surface area contributed by atoms with Gasteiger partial charge in [0.25, 0.3) is 0 Å². The van der Waals surface area contributed by atoms with Crippen molar-refractivity contribution in [2.45, 2.75) is 5.75 Å². The number of fused-ring (bicyclic) bond motifs is 1. The lowest BCUT2D eigenvalue weighted by molar-refractivity contribution is 0.416. The van der Waals surface area contributed by atoms with Crippen molar-refractivity contribution in [1.82, 2.24) is 15.0 Å². The summed E-state index contributed by atoms with van der Waals surface area (Å²) in [6.07, 6.45) is 3.40. The second kappa shape index (κ2) is 5.75. The highest BCUT2D eigenvalue weighted by Gasteiger charge is 2.13. The smallest absolute Gasteiger partial charge is 0.178 e. The molecule has 0 aliphatic rings. The topological polar surface area (TPSA) is 73.9 Å². The SMILES string of the molecule is COc1cc(C[S+](C)[O-])ccc1-c1nc2ncccc2[nH]1. The van der Waals surface area contributed by atoms with Gasteiger partial charge in [-0.3, -0.25) is 0 Å². The van der Waals surface area contributed by atoms with Gasteiger partial charge in [-0.1, -0.05) is 17.2 Å². The number of rotatable bonds is 4. The Morgan fingerprint density at radius 1 is 1.33 bits per heavy atom. The van der Waals surface area contributed by atoms with Crippen molar-refractivity contribution >= 4 is 22.3 Å². The molecular weight excluding hydrogens is 286 g/mol. The molecule has 5 nitrogen and oxygen atoms in total. The largest absolute Gasteiger partial charge is 0.616 e. The summed E-state index contributed by atoms with van der Waals surface area (Å²) in [6, 6.07) is 9.57. The predicted octanol–water partition coefficient (Wildman–Crippen LogP) is 2.51. The Balaban J connectivity index is 2.04. The zero-order chi connectivity index (χ0) is 14.8. The summed E-state index contributed by atoms with van der Waals surface area (Å²) in [4.78, 5) is 11.9. The van der Waals surface area contributed by atoms with Crippen molar-refractivity contribution in [3.05, 3.63) is 42.1 Å². The maximum absolute atomic E-state index is 11.3. The van der Waals surface area contributed by atoms with Gasteiger partial charge in [0.05, 0.1) is 24.4 Å². The Morgan fingerprint density at radius 3 is 2.90 bits per heavy atom. The first-order valence-electron chi connectivity index (χ1n) is 6.45. The first-order valence-corrected chi connectivity index (χ1v) is 8.18. The molecule has 2 heterocycles. The van der Waals surface area contributed by atoms with Gasteiger partial charge < -0.3 is 14.3 Å². The van der Waals surface area contributed by atoms with Crippen LogP contribution in [-0.4, -0.2) is 32.9 Å². The minimum atomic E-state index is -0.879. The van der Waals surface area contributed by atoms with Crippen LogP contribution in [0.4, 0.5) is 0 Å². The maximum atomic E-state index is 11.3. The van der Waals surface area contributed by atoms with E-state index in [0.717, 1.165) is 16.6 Å². The van der Waals surface area contributed by atoms with E-state index < -0.39 is 11.2 Å². The Kier molecular flexibility index (Phi) is 3.81. The minimum absolute atomic E-state index is 0.512. The van der Waals surface area contributed by atoms with Gasteiger partial charge in [0, 0.05) is 11.8 Å². The predicted molar refractivity (Wildman–Crippen MR) is 83.6 cm³/mol. The minimum Gasteiger partial charge on any atom is -0.616 e. The molecule has 0 radical (unpaired) electrons. The van der Waals surface area contributed by atoms with Crippen molar-refractivity contribution in [3.63, 3.8) is 0 Å². The molecule has 0 bridgehead atoms. The van der Waals surface area contributed by atoms with E-state index in [1.807, 2.05) is 30.3 Å². The van der Waals surface area contributed by atoms with Crippen LogP contribution in [-0.2, 0) is 16.9 Å². The highest BCUT2D eigenvalue weighted by atomic mass is 32.2. The van der Waals surface area contributed by atoms with Crippen molar-refractivity contribution in [3.8, 4) is 17.1 Å². The molecule has 0 saturated carbocycles. The highest BCUT2D eigenvalue weighted by molar-refractivity contribution is 7.89. The molecule has 3 aromatic rings. The van der Waals surface area contributed by atoms with Gasteiger partial charge in [0.15, 0.2) is 5.65 Å². The molecule has 1 N–H and O–H groups in total. The van der Waals surface area contributed by atoms with E-state index in [9.17, 15) is 4.55 Å². The first-order chi connectivity index (χ1) is 10.2. The third-order valence-electron chi connectivity index (χ3n) is 3.15. The number of hydrogen-bond donors (Lipinski definition) is 1. The molecule has 108 valence electrons. The average Bonchev–Trinajstić information content (AvgIpc) is 2.90. The molecule has 0 amide bonds. The number of methoxy groups -OCH3 is 1. The molecule has 0 spiro atoms. The van der Waals surface area contributed by atoms with E-state index in [0.29, 0.717) is 23.0 Å². The first kappa shape index (κ1) is 13.9. The van der Waals surface area contributed by atoms with E-state index in [1.54, 1.807) is 19.6 Å². The number of nitrogens with zero attached hydrogens (tertiary/aromatic N) is 2. The van der Waals surface area contributed by atoms with Crippen LogP contribution in [0.25, 0.3) is 22.6 Å². The van der Waals surface area contributed by atoms with Gasteiger partial charge in [0.2, 0.25) is 0 Å². The summed E-state index contributed by atoms with van der Waals surface area (Å²) in [6.45, 7) is 0. The zero-order valence-electron chi connectivity index (χ0n) is 11.8. The summed E-state index contributed by atoms with van der Waals surface area (Å²) in [5.74, 6) is 1.93. The number of imidazole rings is 1. The number of pyridine rings is 1. The second-order valence-corrected chi connectivity index (χ2v) is 6.15. The van der Waals surface area contributed by atoms with Crippen molar-refractivity contribution in [2.75, 3.05) is 13.4 Å². The highest BCUT2D eigenvalue weighted by Crippen LogP contribution is 2.30. The molecular formula is C15H15N3O2S. The quantitative estimate of drug-likeness (QED) is 0.751. The normalized spacial score (nSPS) is 12.5. The van der Waals surface area contributed by atoms with Gasteiger partial charge in [-0.15, -0.1) is 0 Å². The molecule has 1 atom stereocenters. The summed E-state index contributed by atoms with van der Waals surface area (Å²) in [7, 11) is 1.62. The number of nitrogens with one attached hydrogen (secondary N) is 1. The van der Waals surface area contributed by atoms with Gasteiger partial charge in [-0.05, 0) is 24.3 Å². The Labute approximate surface area is 125 Å². The third-order valence-corrected chi connectivity index (χ3v) is 3.89. The summed E-state index contributed by atoms with van der Waals surface area (Å²) in [5.41, 5.74) is 3.40. The van der Waals surface area contributed by atoms with Crippen molar-refractivity contribution < 1.29 is 9.29 Å². The van der Waals surface area contributed by atoms with E-state index in [-0.39, 0.29) is 0 Å². The monoisotopic (exact) mass is 301 g/mol. The molecule has 0 saturated heterocycles. The third kappa shape index (κ3) is 2.86. The molecule has 0 fully saturated rings. The van der Waals surface area contributed by atoms with Gasteiger partial charge in [-0.25, -0.2) is 9.97 Å². The molecule has 21 heavy (non-hydrogen) atoms. The van der Waals surface area contributed by atoms with E-state index in [4.69, 9.17) is 4.74 Å². The fourth-order valence-corrected chi connectivity index (χ4v) is 2.88. The molecule has 6 heteroatoms. The van der Waals surface area contributed by atoms with Crippen LogP contribution < -0.4 is 4.74 Å². The molecule has 1 aromatic carbocycles. The number of aromatic nitrogens is 3. The standard InChI is InChI=1S/C15H15N3O2S/c1-20-13-8-10(9-21(2)19)5-6-11(13)14-17-12-4-3-7-16-15(12)18-14/h3-8H,9H2,1-2H3,(H,16,17,18).